The number of carbonyl (C=O) groups is 5. The summed E-state index contributed by atoms with van der Waals surface area (Å²) in [5.41, 5.74) is 3.13. The number of allylic oxidation sites excluding steroid dienone is 3. The van der Waals surface area contributed by atoms with Crippen LogP contribution in [0.2, 0.25) is 5.04 Å². The van der Waals surface area contributed by atoms with Gasteiger partial charge in [-0.15, -0.1) is 0 Å². The lowest BCUT2D eigenvalue weighted by Gasteiger charge is -2.43. The molecule has 0 unspecified atom stereocenters. The van der Waals surface area contributed by atoms with Crippen molar-refractivity contribution >= 4 is 64.1 Å². The van der Waals surface area contributed by atoms with Crippen molar-refractivity contribution in [3.05, 3.63) is 95.6 Å². The smallest absolute Gasteiger partial charge is 0.330 e. The number of unbranched alkanes of at least 4 members (excludes halogenated alkanes) is 1. The largest absolute Gasteiger partial charge is 0.463 e. The molecule has 2 rings (SSSR count). The maximum atomic E-state index is 11.3. The second kappa shape index (κ2) is 43.3. The number of hydrogen-bond donors (Lipinski definition) is 2. The van der Waals surface area contributed by atoms with Crippen LogP contribution in [-0.2, 0) is 42.6 Å². The van der Waals surface area contributed by atoms with Crippen LogP contribution in [-0.4, -0.2) is 93.0 Å². The summed E-state index contributed by atoms with van der Waals surface area (Å²) in [5, 5.41) is 20.2. The Morgan fingerprint density at radius 1 is 0.537 bits per heavy atom. The maximum Gasteiger partial charge on any atom is 0.330 e. The van der Waals surface area contributed by atoms with Crippen molar-refractivity contribution < 1.29 is 52.8 Å². The molecule has 0 bridgehead atoms. The third-order valence-electron chi connectivity index (χ3n) is 9.41. The molecule has 0 heterocycles. The molecule has 13 heteroatoms. The highest BCUT2D eigenvalue weighted by atomic mass is 79.9. The minimum absolute atomic E-state index is 0.00801. The number of hydrogen-bond acceptors (Lipinski definition) is 11. The van der Waals surface area contributed by atoms with Crippen LogP contribution in [0.25, 0.3) is 0 Å². The number of aliphatic hydroxyl groups excluding tert-OH is 2. The number of esters is 3. The second-order valence-electron chi connectivity index (χ2n) is 16.8. The molecule has 0 saturated heterocycles. The lowest BCUT2D eigenvalue weighted by molar-refractivity contribution is -0.138. The third kappa shape index (κ3) is 36.7. The van der Waals surface area contributed by atoms with Crippen LogP contribution >= 0.6 is 15.9 Å². The SMILES string of the molecule is CC(=O)CCCO.CC(=O)CCCO[Si](c1ccccc1)(c1ccccc1)C(C)(C)C.CCCC/C(C)=C/C(=O)OCC.CCOC(=O)/C=C(\C)CCCBr.CCOC(=O)/C=C(\C)CCCO. The van der Waals surface area contributed by atoms with E-state index in [1.54, 1.807) is 32.9 Å². The molecule has 2 aromatic rings. The number of halogens is 1. The molecule has 0 atom stereocenters. The Labute approximate surface area is 414 Å². The van der Waals surface area contributed by atoms with Gasteiger partial charge in [0.05, 0.1) is 19.8 Å². The van der Waals surface area contributed by atoms with Gasteiger partial charge in [0, 0.05) is 56.2 Å². The molecule has 0 aromatic heterocycles. The quantitative estimate of drug-likeness (QED) is 0.0243. The molecule has 0 saturated carbocycles. The molecule has 2 N–H and O–H groups in total. The van der Waals surface area contributed by atoms with Crippen LogP contribution < -0.4 is 10.4 Å². The molecule has 0 aliphatic rings. The van der Waals surface area contributed by atoms with Gasteiger partial charge in [-0.05, 0) is 122 Å². The summed E-state index contributed by atoms with van der Waals surface area (Å²) in [6, 6.07) is 21.2. The first-order chi connectivity index (χ1) is 31.8. The molecule has 380 valence electrons. The highest BCUT2D eigenvalue weighted by Crippen LogP contribution is 2.36. The van der Waals surface area contributed by atoms with Gasteiger partial charge in [-0.3, -0.25) is 0 Å². The average molecular weight is 1020 g/mol. The minimum atomic E-state index is -2.43. The molecule has 0 aliphatic heterocycles. The van der Waals surface area contributed by atoms with Crippen LogP contribution in [0.3, 0.4) is 0 Å². The zero-order chi connectivity index (χ0) is 51.5. The van der Waals surface area contributed by atoms with Crippen molar-refractivity contribution in [1.29, 1.82) is 0 Å². The summed E-state index contributed by atoms with van der Waals surface area (Å²) in [6.07, 6.45) is 13.8. The van der Waals surface area contributed by atoms with E-state index in [0.717, 1.165) is 67.0 Å². The Balaban J connectivity index is -0.000000820. The molecule has 0 fully saturated rings. The number of Topliss-reactive ketones (excluding diaryl/α,β-unsaturated/α-hetero) is 2. The van der Waals surface area contributed by atoms with Crippen molar-refractivity contribution in [2.75, 3.05) is 45.0 Å². The number of ketones is 2. The van der Waals surface area contributed by atoms with Crippen molar-refractivity contribution in [2.45, 2.75) is 159 Å². The molecule has 0 spiro atoms. The number of rotatable bonds is 25. The fraction of sp³-hybridized carbons (Fsp3) is 0.574. The van der Waals surface area contributed by atoms with Gasteiger partial charge >= 0.3 is 17.9 Å². The van der Waals surface area contributed by atoms with Crippen LogP contribution in [0, 0.1) is 0 Å². The van der Waals surface area contributed by atoms with Gasteiger partial charge in [0.1, 0.15) is 11.6 Å². The Morgan fingerprint density at radius 3 is 1.18 bits per heavy atom. The van der Waals surface area contributed by atoms with Gasteiger partial charge in [0.15, 0.2) is 0 Å². The Bertz CT molecular complexity index is 1570. The number of ether oxygens (including phenoxy) is 3. The molecule has 2 aromatic carbocycles. The molecule has 0 radical (unpaired) electrons. The van der Waals surface area contributed by atoms with E-state index < -0.39 is 8.32 Å². The molecule has 0 aliphatic carbocycles. The number of carbonyl (C=O) groups excluding carboxylic acids is 5. The highest BCUT2D eigenvalue weighted by Gasteiger charge is 2.49. The third-order valence-corrected chi connectivity index (χ3v) is 15.0. The summed E-state index contributed by atoms with van der Waals surface area (Å²) in [5.74, 6) is -0.376. The van der Waals surface area contributed by atoms with E-state index in [2.05, 4.69) is 92.2 Å². The first-order valence-corrected chi connectivity index (χ1v) is 26.8. The number of alkyl halides is 1. The van der Waals surface area contributed by atoms with Crippen molar-refractivity contribution in [3.8, 4) is 0 Å². The summed E-state index contributed by atoms with van der Waals surface area (Å²) in [6.45, 7) is 25.5. The number of benzene rings is 2. The van der Waals surface area contributed by atoms with Crippen molar-refractivity contribution in [2.24, 2.45) is 0 Å². The van der Waals surface area contributed by atoms with Crippen LogP contribution in [0.15, 0.2) is 95.6 Å². The minimum Gasteiger partial charge on any atom is -0.463 e. The van der Waals surface area contributed by atoms with E-state index in [1.807, 2.05) is 39.8 Å². The first-order valence-electron chi connectivity index (χ1n) is 23.8. The first kappa shape index (κ1) is 67.3. The molecular formula is C54H87BrO11Si. The summed E-state index contributed by atoms with van der Waals surface area (Å²) < 4.78 is 21.0. The average Bonchev–Trinajstić information content (AvgIpc) is 3.27. The molecule has 0 amide bonds. The zero-order valence-corrected chi connectivity index (χ0v) is 45.8. The molecular weight excluding hydrogens is 933 g/mol. The summed E-state index contributed by atoms with van der Waals surface area (Å²) in [7, 11) is -2.43. The van der Waals surface area contributed by atoms with Gasteiger partial charge in [-0.1, -0.05) is 127 Å². The molecule has 11 nitrogen and oxygen atoms in total. The monoisotopic (exact) mass is 1020 g/mol. The van der Waals surface area contributed by atoms with E-state index in [9.17, 15) is 24.0 Å². The van der Waals surface area contributed by atoms with Gasteiger partial charge < -0.3 is 38.4 Å². The summed E-state index contributed by atoms with van der Waals surface area (Å²) >= 11 is 3.33. The van der Waals surface area contributed by atoms with Crippen LogP contribution in [0.5, 0.6) is 0 Å². The van der Waals surface area contributed by atoms with E-state index in [0.29, 0.717) is 52.1 Å². The lowest BCUT2D eigenvalue weighted by Crippen LogP contribution is -2.66. The predicted octanol–water partition coefficient (Wildman–Crippen LogP) is 10.9. The van der Waals surface area contributed by atoms with Gasteiger partial charge in [-0.25, -0.2) is 14.4 Å². The zero-order valence-electron chi connectivity index (χ0n) is 43.2. The second-order valence-corrected chi connectivity index (χ2v) is 21.9. The summed E-state index contributed by atoms with van der Waals surface area (Å²) in [4.78, 5) is 54.0. The predicted molar refractivity (Wildman–Crippen MR) is 281 cm³/mol. The van der Waals surface area contributed by atoms with Gasteiger partial charge in [0.2, 0.25) is 0 Å². The van der Waals surface area contributed by atoms with E-state index >= 15 is 0 Å². The van der Waals surface area contributed by atoms with Crippen molar-refractivity contribution in [3.63, 3.8) is 0 Å². The van der Waals surface area contributed by atoms with E-state index in [1.165, 1.54) is 23.4 Å². The van der Waals surface area contributed by atoms with Gasteiger partial charge in [0.25, 0.3) is 8.32 Å². The lowest BCUT2D eigenvalue weighted by atomic mass is 10.1. The van der Waals surface area contributed by atoms with E-state index in [-0.39, 0.29) is 47.7 Å². The Kier molecular flexibility index (Phi) is 43.4. The fourth-order valence-electron chi connectivity index (χ4n) is 6.17. The maximum absolute atomic E-state index is 11.3. The van der Waals surface area contributed by atoms with Gasteiger partial charge in [-0.2, -0.15) is 0 Å². The Hall–Kier alpha value is -4.01. The normalized spacial score (nSPS) is 11.4. The Morgan fingerprint density at radius 2 is 0.881 bits per heavy atom. The standard InChI is InChI=1S/C21H28O2Si.C10H18O2.C9H15BrO2.C9H16O3.C5H10O2/c1-18(22)12-11-17-23-24(21(2,3)4,19-13-7-5-8-14-19)20-15-9-6-10-16-20;1-4-6-7-9(3)8-10(11)12-5-2;2*1-3-12-9(11)7-8(2)5-4-6-10;1-5(7)3-2-4-6/h5-10,13-16H,11-12,17H2,1-4H3;8H,4-7H2,1-3H3;7H,3-6H2,1-2H3;7,10H,3-6H2,1-2H3;6H,2-4H2,1H3/b;9-8+;2*8-7+;. The number of aliphatic hydroxyl groups is 2. The van der Waals surface area contributed by atoms with Crippen LogP contribution in [0.4, 0.5) is 0 Å². The van der Waals surface area contributed by atoms with Crippen LogP contribution in [0.1, 0.15) is 154 Å². The van der Waals surface area contributed by atoms with E-state index in [4.69, 9.17) is 28.8 Å². The fourth-order valence-corrected chi connectivity index (χ4v) is 11.1. The topological polar surface area (TPSA) is 163 Å². The molecule has 67 heavy (non-hydrogen) atoms. The van der Waals surface area contributed by atoms with Crippen molar-refractivity contribution in [1.82, 2.24) is 0 Å². The highest BCUT2D eigenvalue weighted by molar-refractivity contribution is 9.09.